The summed E-state index contributed by atoms with van der Waals surface area (Å²) in [5, 5.41) is 4.72. The third-order valence-electron chi connectivity index (χ3n) is 5.52. The van der Waals surface area contributed by atoms with Gasteiger partial charge in [0.1, 0.15) is 5.82 Å². The van der Waals surface area contributed by atoms with Crippen LogP contribution in [0.3, 0.4) is 0 Å². The molecule has 4 N–H and O–H groups in total. The van der Waals surface area contributed by atoms with Crippen LogP contribution in [0, 0.1) is 5.92 Å². The zero-order valence-electron chi connectivity index (χ0n) is 13.2. The maximum absolute atomic E-state index is 5.80. The van der Waals surface area contributed by atoms with Crippen molar-refractivity contribution in [2.45, 2.75) is 31.3 Å². The molecule has 0 aromatic carbocycles. The number of aliphatic imine (C=N–C) groups is 1. The molecule has 1 aromatic heterocycles. The smallest absolute Gasteiger partial charge is 0.167 e. The molecule has 0 radical (unpaired) electrons. The lowest BCUT2D eigenvalue weighted by Crippen LogP contribution is -2.37. The zero-order chi connectivity index (χ0) is 16.2. The van der Waals surface area contributed by atoms with Crippen molar-refractivity contribution < 1.29 is 0 Å². The topological polar surface area (TPSA) is 95.9 Å². The molecule has 8 heteroatoms. The maximum Gasteiger partial charge on any atom is 0.167 e. The van der Waals surface area contributed by atoms with Crippen LogP contribution in [0.5, 0.6) is 0 Å². The van der Waals surface area contributed by atoms with Gasteiger partial charge in [-0.2, -0.15) is 5.10 Å². The molecule has 0 amide bonds. The number of nitrogen functional groups attached to an aromatic ring is 1. The van der Waals surface area contributed by atoms with E-state index in [1.54, 1.807) is 12.4 Å². The Labute approximate surface area is 138 Å². The Morgan fingerprint density at radius 3 is 3.13 bits per heavy atom. The van der Waals surface area contributed by atoms with Gasteiger partial charge in [-0.25, -0.2) is 4.98 Å². The standard InChI is InChI=1S/C15H22N7P/c1-9-2-4-15-7-21(8-22(15)13(9)15)11(20-17)6-19-10-3-5-18-14(16)12(10)23/h3,5-6,9,13H,2,4,7-8,17,23H2,1H3,(H2,16,18)/b19-6?,20-11+. The molecule has 0 bridgehead atoms. The minimum Gasteiger partial charge on any atom is -0.383 e. The van der Waals surface area contributed by atoms with Crippen LogP contribution in [0.1, 0.15) is 19.8 Å². The number of piperidine rings is 1. The van der Waals surface area contributed by atoms with E-state index in [0.29, 0.717) is 17.2 Å². The van der Waals surface area contributed by atoms with Crippen molar-refractivity contribution in [3.05, 3.63) is 12.3 Å². The first-order valence-electron chi connectivity index (χ1n) is 7.90. The van der Waals surface area contributed by atoms with Crippen molar-refractivity contribution >= 4 is 38.1 Å². The number of rotatable bonds is 2. The van der Waals surface area contributed by atoms with Crippen molar-refractivity contribution in [3.8, 4) is 0 Å². The minimum absolute atomic E-state index is 0.371. The average Bonchev–Trinajstić information content (AvgIpc) is 2.82. The van der Waals surface area contributed by atoms with Gasteiger partial charge in [0.2, 0.25) is 0 Å². The summed E-state index contributed by atoms with van der Waals surface area (Å²) < 4.78 is 0. The normalized spacial score (nSPS) is 35.7. The molecule has 3 fully saturated rings. The van der Waals surface area contributed by atoms with Gasteiger partial charge in [-0.3, -0.25) is 9.89 Å². The molecule has 1 spiro atoms. The predicted molar refractivity (Wildman–Crippen MR) is 96.1 cm³/mol. The number of amidine groups is 1. The van der Waals surface area contributed by atoms with E-state index in [1.165, 1.54) is 12.8 Å². The van der Waals surface area contributed by atoms with Gasteiger partial charge in [-0.15, -0.1) is 0 Å². The van der Waals surface area contributed by atoms with Gasteiger partial charge in [0.25, 0.3) is 0 Å². The fourth-order valence-corrected chi connectivity index (χ4v) is 4.60. The van der Waals surface area contributed by atoms with Crippen LogP contribution in [-0.2, 0) is 0 Å². The molecule has 23 heavy (non-hydrogen) atoms. The van der Waals surface area contributed by atoms with E-state index in [-0.39, 0.29) is 0 Å². The van der Waals surface area contributed by atoms with Crippen LogP contribution in [-0.4, -0.2) is 51.6 Å². The fraction of sp³-hybridized carbons (Fsp3) is 0.533. The summed E-state index contributed by atoms with van der Waals surface area (Å²) in [5.74, 6) is 7.59. The van der Waals surface area contributed by atoms with Crippen molar-refractivity contribution in [2.24, 2.45) is 21.9 Å². The summed E-state index contributed by atoms with van der Waals surface area (Å²) in [6.07, 6.45) is 5.97. The first-order chi connectivity index (χ1) is 11.1. The lowest BCUT2D eigenvalue weighted by molar-refractivity contribution is 0.333. The molecule has 5 unspecified atom stereocenters. The number of aromatic nitrogens is 1. The second-order valence-corrected chi connectivity index (χ2v) is 7.33. The Kier molecular flexibility index (Phi) is 3.32. The van der Waals surface area contributed by atoms with Crippen molar-refractivity contribution in [2.75, 3.05) is 18.9 Å². The molecule has 3 heterocycles. The number of nitrogens with two attached hydrogens (primary N) is 2. The van der Waals surface area contributed by atoms with Gasteiger partial charge in [0, 0.05) is 24.1 Å². The third-order valence-corrected chi connectivity index (χ3v) is 6.11. The summed E-state index contributed by atoms with van der Waals surface area (Å²) in [5.41, 5.74) is 6.93. The largest absolute Gasteiger partial charge is 0.383 e. The van der Waals surface area contributed by atoms with E-state index >= 15 is 0 Å². The van der Waals surface area contributed by atoms with E-state index in [9.17, 15) is 0 Å². The summed E-state index contributed by atoms with van der Waals surface area (Å²) in [7, 11) is 2.57. The van der Waals surface area contributed by atoms with E-state index in [0.717, 1.165) is 36.2 Å². The van der Waals surface area contributed by atoms with Gasteiger partial charge in [0.15, 0.2) is 5.84 Å². The van der Waals surface area contributed by atoms with Gasteiger partial charge in [-0.05, 0) is 24.8 Å². The SMILES string of the molecule is CC1CCC23CN(/C(C=Nc4ccnc(N)c4P)=N/N)CN2C13. The molecule has 122 valence electrons. The highest BCUT2D eigenvalue weighted by Gasteiger charge is 2.71. The number of pyridine rings is 1. The summed E-state index contributed by atoms with van der Waals surface area (Å²) in [6, 6.07) is 2.58. The van der Waals surface area contributed by atoms with Crippen LogP contribution in [0.25, 0.3) is 0 Å². The lowest BCUT2D eigenvalue weighted by Gasteiger charge is -2.21. The molecule has 7 nitrogen and oxygen atoms in total. The Morgan fingerprint density at radius 1 is 1.57 bits per heavy atom. The predicted octanol–water partition coefficient (Wildman–Crippen LogP) is 0.265. The monoisotopic (exact) mass is 331 g/mol. The average molecular weight is 331 g/mol. The number of hydrogen-bond donors (Lipinski definition) is 2. The number of hydrogen-bond acceptors (Lipinski definition) is 6. The quantitative estimate of drug-likeness (QED) is 0.202. The molecule has 1 aromatic rings. The van der Waals surface area contributed by atoms with Gasteiger partial charge in [-0.1, -0.05) is 16.2 Å². The summed E-state index contributed by atoms with van der Waals surface area (Å²) in [4.78, 5) is 13.3. The molecule has 1 aliphatic carbocycles. The zero-order valence-corrected chi connectivity index (χ0v) is 14.3. The molecule has 5 atom stereocenters. The van der Waals surface area contributed by atoms with E-state index < -0.39 is 0 Å². The molecule has 2 saturated heterocycles. The van der Waals surface area contributed by atoms with Crippen LogP contribution < -0.4 is 16.9 Å². The van der Waals surface area contributed by atoms with Crippen LogP contribution in [0.2, 0.25) is 0 Å². The molecule has 3 aliphatic rings. The maximum atomic E-state index is 5.80. The van der Waals surface area contributed by atoms with E-state index in [4.69, 9.17) is 11.6 Å². The molecular formula is C15H22N7P. The highest BCUT2D eigenvalue weighted by Crippen LogP contribution is 2.59. The first kappa shape index (κ1) is 14.8. The minimum atomic E-state index is 0.371. The number of hydrazone groups is 1. The van der Waals surface area contributed by atoms with Crippen molar-refractivity contribution in [1.82, 2.24) is 14.8 Å². The van der Waals surface area contributed by atoms with Crippen molar-refractivity contribution in [1.29, 1.82) is 0 Å². The first-order valence-corrected chi connectivity index (χ1v) is 8.48. The highest BCUT2D eigenvalue weighted by molar-refractivity contribution is 7.28. The Hall–Kier alpha value is -1.72. The number of nitrogens with zero attached hydrogens (tertiary/aromatic N) is 5. The molecule has 4 rings (SSSR count). The fourth-order valence-electron chi connectivity index (χ4n) is 4.35. The van der Waals surface area contributed by atoms with Crippen LogP contribution in [0.4, 0.5) is 11.5 Å². The second-order valence-electron chi connectivity index (χ2n) is 6.75. The lowest BCUT2D eigenvalue weighted by atomic mass is 10.1. The third kappa shape index (κ3) is 2.14. The van der Waals surface area contributed by atoms with Gasteiger partial charge < -0.3 is 16.5 Å². The number of anilines is 1. The van der Waals surface area contributed by atoms with E-state index in [2.05, 4.69) is 41.0 Å². The Morgan fingerprint density at radius 2 is 2.39 bits per heavy atom. The van der Waals surface area contributed by atoms with Crippen molar-refractivity contribution in [3.63, 3.8) is 0 Å². The highest BCUT2D eigenvalue weighted by atomic mass is 31.0. The molecule has 1 saturated carbocycles. The Balaban J connectivity index is 1.49. The van der Waals surface area contributed by atoms with Crippen LogP contribution >= 0.6 is 9.24 Å². The van der Waals surface area contributed by atoms with Crippen LogP contribution in [0.15, 0.2) is 22.4 Å². The van der Waals surface area contributed by atoms with Gasteiger partial charge >= 0.3 is 0 Å². The summed E-state index contributed by atoms with van der Waals surface area (Å²) in [6.45, 7) is 4.25. The molecule has 2 aliphatic heterocycles. The number of fused-ring (bicyclic) bond motifs is 1. The summed E-state index contributed by atoms with van der Waals surface area (Å²) >= 11 is 0. The second kappa shape index (κ2) is 5.14. The van der Waals surface area contributed by atoms with E-state index in [1.807, 2.05) is 6.07 Å². The molecular weight excluding hydrogens is 309 g/mol. The Bertz CT molecular complexity index is 703. The van der Waals surface area contributed by atoms with Gasteiger partial charge in [0.05, 0.1) is 24.1 Å².